The lowest BCUT2D eigenvalue weighted by molar-refractivity contribution is -0.870. The number of hydrogen-bond donors (Lipinski definition) is 1. The van der Waals surface area contributed by atoms with E-state index in [1.165, 1.54) is 161 Å². The van der Waals surface area contributed by atoms with E-state index in [2.05, 4.69) is 123 Å². The van der Waals surface area contributed by atoms with Crippen LogP contribution in [0.15, 0.2) is 109 Å². The van der Waals surface area contributed by atoms with Crippen LogP contribution >= 0.6 is 7.82 Å². The Hall–Kier alpha value is -3.33. The van der Waals surface area contributed by atoms with E-state index in [0.29, 0.717) is 17.4 Å². The maximum Gasteiger partial charge on any atom is 0.472 e. The molecule has 0 saturated heterocycles. The van der Waals surface area contributed by atoms with Crippen molar-refractivity contribution in [2.24, 2.45) is 0 Å². The Labute approximate surface area is 512 Å². The minimum Gasteiger partial charge on any atom is -0.462 e. The van der Waals surface area contributed by atoms with Crippen LogP contribution in [0.3, 0.4) is 0 Å². The fourth-order valence-corrected chi connectivity index (χ4v) is 10.1. The molecule has 0 aliphatic heterocycles. The number of nitrogens with zero attached hydrogens (tertiary/aromatic N) is 1. The van der Waals surface area contributed by atoms with Gasteiger partial charge in [0.15, 0.2) is 6.10 Å². The second-order valence-electron chi connectivity index (χ2n) is 23.8. The Kier molecular flexibility index (Phi) is 60.6. The van der Waals surface area contributed by atoms with Crippen LogP contribution in [-0.2, 0) is 32.7 Å². The molecule has 1 N–H and O–H groups in total. The van der Waals surface area contributed by atoms with Crippen LogP contribution in [0.25, 0.3) is 0 Å². The molecule has 478 valence electrons. The molecule has 9 nitrogen and oxygen atoms in total. The minimum absolute atomic E-state index is 0.0282. The lowest BCUT2D eigenvalue weighted by Crippen LogP contribution is -2.37. The quantitative estimate of drug-likeness (QED) is 0.0211. The van der Waals surface area contributed by atoms with Gasteiger partial charge in [-0.3, -0.25) is 18.6 Å². The predicted molar refractivity (Wildman–Crippen MR) is 358 cm³/mol. The van der Waals surface area contributed by atoms with Gasteiger partial charge in [0.1, 0.15) is 19.8 Å². The molecule has 0 spiro atoms. The first kappa shape index (κ1) is 79.7. The third kappa shape index (κ3) is 67.7. The van der Waals surface area contributed by atoms with Gasteiger partial charge >= 0.3 is 19.8 Å². The van der Waals surface area contributed by atoms with Crippen molar-refractivity contribution in [3.8, 4) is 0 Å². The van der Waals surface area contributed by atoms with E-state index in [1.54, 1.807) is 0 Å². The number of quaternary nitrogens is 1. The molecule has 0 heterocycles. The van der Waals surface area contributed by atoms with Gasteiger partial charge in [-0.05, 0) is 103 Å². The maximum atomic E-state index is 12.9. The van der Waals surface area contributed by atoms with E-state index in [4.69, 9.17) is 18.5 Å². The number of esters is 2. The first-order valence-corrected chi connectivity index (χ1v) is 35.6. The summed E-state index contributed by atoms with van der Waals surface area (Å²) in [6.07, 6.45) is 89.1. The Morgan fingerprint density at radius 3 is 1.02 bits per heavy atom. The number of unbranched alkanes of at least 4 members (excludes halogenated alkanes) is 30. The van der Waals surface area contributed by atoms with E-state index in [0.717, 1.165) is 96.3 Å². The molecule has 0 amide bonds. The molecule has 0 rings (SSSR count). The van der Waals surface area contributed by atoms with Crippen molar-refractivity contribution in [2.75, 3.05) is 47.5 Å². The molecule has 83 heavy (non-hydrogen) atoms. The highest BCUT2D eigenvalue weighted by Crippen LogP contribution is 2.43. The first-order chi connectivity index (χ1) is 40.5. The van der Waals surface area contributed by atoms with E-state index < -0.39 is 26.5 Å². The Balaban J connectivity index is 3.97. The van der Waals surface area contributed by atoms with Crippen molar-refractivity contribution in [3.63, 3.8) is 0 Å². The molecule has 0 fully saturated rings. The SMILES string of the molecule is CC/C=C\C/C=C\C/C=C\C/C=C\C/C=C\C/C=C\C/C=C\CCCCCCCCCCCCCCCCCCCCCC(=O)OC(COC(=O)CCCCCCCCC/C=C\C/C=C\CCCCCC)COP(=O)(O)OCC[N+](C)(C)C. The molecule has 0 aromatic rings. The van der Waals surface area contributed by atoms with Crippen molar-refractivity contribution in [1.82, 2.24) is 0 Å². The van der Waals surface area contributed by atoms with Crippen LogP contribution in [0, 0.1) is 0 Å². The van der Waals surface area contributed by atoms with Crippen LogP contribution in [0.5, 0.6) is 0 Å². The Morgan fingerprint density at radius 2 is 0.687 bits per heavy atom. The summed E-state index contributed by atoms with van der Waals surface area (Å²) in [6.45, 7) is 4.31. The highest BCUT2D eigenvalue weighted by molar-refractivity contribution is 7.47. The summed E-state index contributed by atoms with van der Waals surface area (Å²) < 4.78 is 34.6. The average Bonchev–Trinajstić information content (AvgIpc) is 3.48. The highest BCUT2D eigenvalue weighted by Gasteiger charge is 2.27. The fraction of sp³-hybridized carbons (Fsp3) is 0.726. The molecule has 2 unspecified atom stereocenters. The third-order valence-corrected chi connectivity index (χ3v) is 15.5. The molecule has 0 aliphatic rings. The number of phosphoric acid groups is 1. The average molecular weight is 1180 g/mol. The summed E-state index contributed by atoms with van der Waals surface area (Å²) in [5, 5.41) is 0. The minimum atomic E-state index is -4.39. The zero-order chi connectivity index (χ0) is 60.5. The molecule has 0 aromatic heterocycles. The van der Waals surface area contributed by atoms with Gasteiger partial charge in [0.25, 0.3) is 0 Å². The molecular weight excluding hydrogens is 1050 g/mol. The van der Waals surface area contributed by atoms with Crippen LogP contribution in [0.4, 0.5) is 0 Å². The standard InChI is InChI=1S/C73H128NO8P/c1-6-8-10-12-14-16-18-20-22-24-26-27-28-29-30-31-32-33-34-35-36-37-38-39-40-41-42-43-44-45-46-47-48-50-52-54-56-58-60-62-64-66-73(76)82-71(70-81-83(77,78)80-68-67-74(3,4)5)69-79-72(75)65-63-61-59-57-55-53-51-49-25-23-21-19-17-15-13-11-9-7-2/h8,10,14,16-17,19-20,22-23,25-27,29-30,32-33,35-36,71H,6-7,9,11-13,15,18,21,24,28,31,34,37-70H2,1-5H3/p+1/b10-8-,16-14-,19-17-,22-20-,25-23-,27-26-,30-29-,33-32-,36-35-. The van der Waals surface area contributed by atoms with E-state index >= 15 is 0 Å². The number of rotatable bonds is 62. The molecule has 10 heteroatoms. The number of ether oxygens (including phenoxy) is 2. The zero-order valence-electron chi connectivity index (χ0n) is 54.4. The predicted octanol–water partition coefficient (Wildman–Crippen LogP) is 22.1. The smallest absolute Gasteiger partial charge is 0.462 e. The van der Waals surface area contributed by atoms with Gasteiger partial charge in [-0.15, -0.1) is 0 Å². The van der Waals surface area contributed by atoms with Crippen LogP contribution in [0.2, 0.25) is 0 Å². The van der Waals surface area contributed by atoms with Gasteiger partial charge in [0.2, 0.25) is 0 Å². The summed E-state index contributed by atoms with van der Waals surface area (Å²) in [5.41, 5.74) is 0. The number of carbonyl (C=O) groups excluding carboxylic acids is 2. The maximum absolute atomic E-state index is 12.9. The molecule has 0 radical (unpaired) electrons. The highest BCUT2D eigenvalue weighted by atomic mass is 31.2. The second kappa shape index (κ2) is 63.2. The summed E-state index contributed by atoms with van der Waals surface area (Å²) in [5.74, 6) is -0.800. The van der Waals surface area contributed by atoms with Crippen LogP contribution < -0.4 is 0 Å². The van der Waals surface area contributed by atoms with Crippen LogP contribution in [-0.4, -0.2) is 74.9 Å². The van der Waals surface area contributed by atoms with E-state index in [9.17, 15) is 19.0 Å². The third-order valence-electron chi connectivity index (χ3n) is 14.5. The zero-order valence-corrected chi connectivity index (χ0v) is 55.3. The number of likely N-dealkylation sites (N-methyl/N-ethyl adjacent to an activating group) is 1. The van der Waals surface area contributed by atoms with Crippen molar-refractivity contribution < 1.29 is 42.1 Å². The molecule has 2 atom stereocenters. The van der Waals surface area contributed by atoms with E-state index in [-0.39, 0.29) is 32.0 Å². The monoisotopic (exact) mass is 1180 g/mol. The van der Waals surface area contributed by atoms with Gasteiger partial charge in [0.05, 0.1) is 27.7 Å². The summed E-state index contributed by atoms with van der Waals surface area (Å²) in [4.78, 5) is 35.8. The fourth-order valence-electron chi connectivity index (χ4n) is 9.32. The molecule has 0 aliphatic carbocycles. The molecule has 0 saturated carbocycles. The van der Waals surface area contributed by atoms with Gasteiger partial charge < -0.3 is 18.9 Å². The van der Waals surface area contributed by atoms with Crippen molar-refractivity contribution in [1.29, 1.82) is 0 Å². The number of carbonyl (C=O) groups is 2. The lowest BCUT2D eigenvalue weighted by Gasteiger charge is -2.24. The molecule has 0 bridgehead atoms. The summed E-state index contributed by atoms with van der Waals surface area (Å²) >= 11 is 0. The summed E-state index contributed by atoms with van der Waals surface area (Å²) in [7, 11) is 1.47. The van der Waals surface area contributed by atoms with Gasteiger partial charge in [-0.2, -0.15) is 0 Å². The summed E-state index contributed by atoms with van der Waals surface area (Å²) in [6, 6.07) is 0. The topological polar surface area (TPSA) is 108 Å². The largest absolute Gasteiger partial charge is 0.472 e. The number of hydrogen-bond acceptors (Lipinski definition) is 7. The number of phosphoric ester groups is 1. The first-order valence-electron chi connectivity index (χ1n) is 34.1. The molecule has 0 aromatic carbocycles. The Bertz CT molecular complexity index is 1770. The Morgan fingerprint density at radius 1 is 0.386 bits per heavy atom. The van der Waals surface area contributed by atoms with Gasteiger partial charge in [0, 0.05) is 12.8 Å². The number of allylic oxidation sites excluding steroid dienone is 18. The van der Waals surface area contributed by atoms with Crippen molar-refractivity contribution >= 4 is 19.8 Å². The normalized spacial score (nSPS) is 13.9. The lowest BCUT2D eigenvalue weighted by atomic mass is 10.0. The molecular formula is C73H129NO8P+. The van der Waals surface area contributed by atoms with Gasteiger partial charge in [-0.25, -0.2) is 4.57 Å². The second-order valence-corrected chi connectivity index (χ2v) is 25.3. The van der Waals surface area contributed by atoms with E-state index in [1.807, 2.05) is 21.1 Å². The van der Waals surface area contributed by atoms with Crippen molar-refractivity contribution in [2.45, 2.75) is 296 Å². The van der Waals surface area contributed by atoms with Gasteiger partial charge in [-0.1, -0.05) is 284 Å². The van der Waals surface area contributed by atoms with Crippen molar-refractivity contribution in [3.05, 3.63) is 109 Å². The van der Waals surface area contributed by atoms with Crippen LogP contribution in [0.1, 0.15) is 290 Å².